The van der Waals surface area contributed by atoms with Crippen LogP contribution in [0, 0.1) is 0 Å². The van der Waals surface area contributed by atoms with Gasteiger partial charge in [-0.1, -0.05) is 0 Å². The lowest BCUT2D eigenvalue weighted by Gasteiger charge is -2.14. The first-order chi connectivity index (χ1) is 9.12. The molecule has 0 bridgehead atoms. The Morgan fingerprint density at radius 1 is 1.05 bits per heavy atom. The van der Waals surface area contributed by atoms with Crippen LogP contribution in [-0.2, 0) is 6.42 Å². The smallest absolute Gasteiger partial charge is 0.164 e. The van der Waals surface area contributed by atoms with Crippen LogP contribution in [0.3, 0.4) is 0 Å². The van der Waals surface area contributed by atoms with Crippen molar-refractivity contribution in [2.75, 3.05) is 34.4 Å². The molecule has 0 aromatic heterocycles. The molecule has 5 nitrogen and oxygen atoms in total. The number of nitrogens with two attached hydrogens (primary N) is 1. The van der Waals surface area contributed by atoms with E-state index >= 15 is 0 Å². The minimum Gasteiger partial charge on any atom is -0.496 e. The molecule has 1 unspecified atom stereocenters. The van der Waals surface area contributed by atoms with Crippen LogP contribution in [-0.4, -0.2) is 40.5 Å². The van der Waals surface area contributed by atoms with Crippen molar-refractivity contribution in [2.24, 2.45) is 5.73 Å². The average molecular weight is 268 g/mol. The van der Waals surface area contributed by atoms with Gasteiger partial charge in [-0.2, -0.15) is 0 Å². The fourth-order valence-electron chi connectivity index (χ4n) is 1.84. The van der Waals surface area contributed by atoms with Crippen LogP contribution in [0.15, 0.2) is 12.1 Å². The third kappa shape index (κ3) is 4.61. The minimum absolute atomic E-state index is 0.160. The second-order valence-corrected chi connectivity index (χ2v) is 4.45. The largest absolute Gasteiger partial charge is 0.496 e. The third-order valence-corrected chi connectivity index (χ3v) is 2.82. The summed E-state index contributed by atoms with van der Waals surface area (Å²) >= 11 is 0. The van der Waals surface area contributed by atoms with E-state index in [-0.39, 0.29) is 6.04 Å². The van der Waals surface area contributed by atoms with Gasteiger partial charge in [0.25, 0.3) is 0 Å². The molecule has 108 valence electrons. The maximum absolute atomic E-state index is 5.69. The van der Waals surface area contributed by atoms with Crippen molar-refractivity contribution in [1.82, 2.24) is 5.32 Å². The highest BCUT2D eigenvalue weighted by molar-refractivity contribution is 5.50. The Morgan fingerprint density at radius 2 is 1.63 bits per heavy atom. The fourth-order valence-corrected chi connectivity index (χ4v) is 1.84. The van der Waals surface area contributed by atoms with Crippen molar-refractivity contribution in [3.05, 3.63) is 17.7 Å². The van der Waals surface area contributed by atoms with E-state index in [1.807, 2.05) is 19.1 Å². The van der Waals surface area contributed by atoms with Crippen LogP contribution in [0.4, 0.5) is 0 Å². The van der Waals surface area contributed by atoms with E-state index in [0.717, 1.165) is 30.8 Å². The summed E-state index contributed by atoms with van der Waals surface area (Å²) < 4.78 is 15.9. The third-order valence-electron chi connectivity index (χ3n) is 2.82. The molecule has 0 aliphatic heterocycles. The van der Waals surface area contributed by atoms with E-state index < -0.39 is 0 Å². The van der Waals surface area contributed by atoms with Crippen molar-refractivity contribution < 1.29 is 14.2 Å². The van der Waals surface area contributed by atoms with Gasteiger partial charge in [0.1, 0.15) is 5.75 Å². The number of nitrogens with one attached hydrogen (secondary N) is 1. The molecule has 0 saturated heterocycles. The van der Waals surface area contributed by atoms with Gasteiger partial charge in [-0.15, -0.1) is 0 Å². The van der Waals surface area contributed by atoms with E-state index in [1.165, 1.54) is 0 Å². The molecule has 0 aliphatic rings. The molecule has 0 fully saturated rings. The first-order valence-electron chi connectivity index (χ1n) is 6.37. The van der Waals surface area contributed by atoms with Gasteiger partial charge in [0.05, 0.1) is 21.3 Å². The molecular formula is C14H24N2O3. The maximum Gasteiger partial charge on any atom is 0.164 e. The SMILES string of the molecule is COc1cc(OC)c(OC)cc1CCNCC(C)N. The molecule has 1 aromatic rings. The Labute approximate surface area is 115 Å². The lowest BCUT2D eigenvalue weighted by molar-refractivity contribution is 0.347. The second-order valence-electron chi connectivity index (χ2n) is 4.45. The Hall–Kier alpha value is -1.46. The summed E-state index contributed by atoms with van der Waals surface area (Å²) in [7, 11) is 4.89. The molecule has 1 aromatic carbocycles. The fraction of sp³-hybridized carbons (Fsp3) is 0.571. The highest BCUT2D eigenvalue weighted by Crippen LogP contribution is 2.34. The first kappa shape index (κ1) is 15.6. The lowest BCUT2D eigenvalue weighted by atomic mass is 10.1. The molecule has 0 radical (unpaired) electrons. The number of rotatable bonds is 8. The zero-order chi connectivity index (χ0) is 14.3. The molecule has 0 aliphatic carbocycles. The summed E-state index contributed by atoms with van der Waals surface area (Å²) in [5.74, 6) is 2.19. The van der Waals surface area contributed by atoms with Gasteiger partial charge in [-0.25, -0.2) is 0 Å². The van der Waals surface area contributed by atoms with Gasteiger partial charge < -0.3 is 25.3 Å². The maximum atomic E-state index is 5.69. The molecular weight excluding hydrogens is 244 g/mol. The topological polar surface area (TPSA) is 65.7 Å². The number of methoxy groups -OCH3 is 3. The molecule has 5 heteroatoms. The van der Waals surface area contributed by atoms with E-state index in [2.05, 4.69) is 5.32 Å². The molecule has 0 amide bonds. The average Bonchev–Trinajstić information content (AvgIpc) is 2.42. The molecule has 1 atom stereocenters. The van der Waals surface area contributed by atoms with E-state index in [1.54, 1.807) is 21.3 Å². The Kier molecular flexibility index (Phi) is 6.45. The summed E-state index contributed by atoms with van der Waals surface area (Å²) in [5.41, 5.74) is 6.77. The van der Waals surface area contributed by atoms with Crippen LogP contribution >= 0.6 is 0 Å². The summed E-state index contributed by atoms with van der Waals surface area (Å²) in [6.07, 6.45) is 0.843. The van der Waals surface area contributed by atoms with E-state index in [4.69, 9.17) is 19.9 Å². The van der Waals surface area contributed by atoms with Crippen LogP contribution in [0.5, 0.6) is 17.2 Å². The van der Waals surface area contributed by atoms with Crippen LogP contribution < -0.4 is 25.3 Å². The van der Waals surface area contributed by atoms with Crippen molar-refractivity contribution in [1.29, 1.82) is 0 Å². The first-order valence-corrected chi connectivity index (χ1v) is 6.37. The van der Waals surface area contributed by atoms with Crippen molar-refractivity contribution in [3.8, 4) is 17.2 Å². The quantitative estimate of drug-likeness (QED) is 0.693. The molecule has 0 spiro atoms. The van der Waals surface area contributed by atoms with Crippen molar-refractivity contribution in [2.45, 2.75) is 19.4 Å². The number of ether oxygens (including phenoxy) is 3. The Bertz CT molecular complexity index is 395. The van der Waals surface area contributed by atoms with Gasteiger partial charge in [0, 0.05) is 18.7 Å². The standard InChI is InChI=1S/C14H24N2O3/c1-10(15)9-16-6-5-11-7-13(18-3)14(19-4)8-12(11)17-2/h7-8,10,16H,5-6,9,15H2,1-4H3. The Balaban J connectivity index is 2.75. The highest BCUT2D eigenvalue weighted by atomic mass is 16.5. The van der Waals surface area contributed by atoms with Crippen molar-refractivity contribution >= 4 is 0 Å². The van der Waals surface area contributed by atoms with Gasteiger partial charge in [0.2, 0.25) is 0 Å². The monoisotopic (exact) mass is 268 g/mol. The summed E-state index contributed by atoms with van der Waals surface area (Å²) in [6.45, 7) is 3.62. The van der Waals surface area contributed by atoms with E-state index in [0.29, 0.717) is 11.5 Å². The zero-order valence-electron chi connectivity index (χ0n) is 12.2. The van der Waals surface area contributed by atoms with Gasteiger partial charge in [-0.05, 0) is 31.5 Å². The van der Waals surface area contributed by atoms with Gasteiger partial charge in [-0.3, -0.25) is 0 Å². The predicted octanol–water partition coefficient (Wildman–Crippen LogP) is 1.19. The lowest BCUT2D eigenvalue weighted by Crippen LogP contribution is -2.32. The van der Waals surface area contributed by atoms with E-state index in [9.17, 15) is 0 Å². The van der Waals surface area contributed by atoms with Gasteiger partial charge in [0.15, 0.2) is 11.5 Å². The van der Waals surface area contributed by atoms with Crippen LogP contribution in [0.25, 0.3) is 0 Å². The number of benzene rings is 1. The normalized spacial score (nSPS) is 12.1. The summed E-state index contributed by atoms with van der Waals surface area (Å²) in [4.78, 5) is 0. The van der Waals surface area contributed by atoms with Crippen LogP contribution in [0.2, 0.25) is 0 Å². The predicted molar refractivity (Wildman–Crippen MR) is 76.3 cm³/mol. The molecule has 1 rings (SSSR count). The van der Waals surface area contributed by atoms with Gasteiger partial charge >= 0.3 is 0 Å². The number of hydrogen-bond acceptors (Lipinski definition) is 5. The van der Waals surface area contributed by atoms with Crippen molar-refractivity contribution in [3.63, 3.8) is 0 Å². The summed E-state index contributed by atoms with van der Waals surface area (Å²) in [5, 5.41) is 3.30. The second kappa shape index (κ2) is 7.86. The minimum atomic E-state index is 0.160. The molecule has 0 saturated carbocycles. The highest BCUT2D eigenvalue weighted by Gasteiger charge is 2.11. The van der Waals surface area contributed by atoms with Crippen LogP contribution in [0.1, 0.15) is 12.5 Å². The molecule has 3 N–H and O–H groups in total. The Morgan fingerprint density at radius 3 is 2.16 bits per heavy atom. The molecule has 19 heavy (non-hydrogen) atoms. The zero-order valence-corrected chi connectivity index (χ0v) is 12.2. The summed E-state index contributed by atoms with van der Waals surface area (Å²) in [6, 6.07) is 3.96. The molecule has 0 heterocycles. The number of hydrogen-bond donors (Lipinski definition) is 2.